The summed E-state index contributed by atoms with van der Waals surface area (Å²) in [6.07, 6.45) is 2.15. The van der Waals surface area contributed by atoms with Crippen LogP contribution in [-0.4, -0.2) is 25.3 Å². The fourth-order valence-electron chi connectivity index (χ4n) is 0.758. The first kappa shape index (κ1) is 11.9. The van der Waals surface area contributed by atoms with Crippen molar-refractivity contribution in [3.63, 3.8) is 0 Å². The van der Waals surface area contributed by atoms with Crippen molar-refractivity contribution in [3.8, 4) is 0 Å². The van der Waals surface area contributed by atoms with E-state index in [1.807, 2.05) is 7.05 Å². The molecule has 1 unspecified atom stereocenters. The van der Waals surface area contributed by atoms with Crippen LogP contribution in [0.3, 0.4) is 0 Å². The second-order valence-electron chi connectivity index (χ2n) is 3.94. The summed E-state index contributed by atoms with van der Waals surface area (Å²) in [5.41, 5.74) is 0.0491. The molecule has 0 aliphatic rings. The van der Waals surface area contributed by atoms with Crippen molar-refractivity contribution in [2.75, 3.05) is 13.7 Å². The molecule has 0 aliphatic carbocycles. The van der Waals surface area contributed by atoms with Crippen molar-refractivity contribution in [2.45, 2.75) is 52.2 Å². The molecular weight excluding hydrogens is 150 g/mol. The van der Waals surface area contributed by atoms with Gasteiger partial charge in [0.2, 0.25) is 0 Å². The Morgan fingerprint density at radius 1 is 1.42 bits per heavy atom. The van der Waals surface area contributed by atoms with Gasteiger partial charge in [-0.05, 0) is 40.7 Å². The third kappa shape index (κ3) is 5.56. The second kappa shape index (κ2) is 5.55. The highest BCUT2D eigenvalue weighted by atomic mass is 16.5. The van der Waals surface area contributed by atoms with Gasteiger partial charge in [0.15, 0.2) is 0 Å². The van der Waals surface area contributed by atoms with Crippen molar-refractivity contribution in [1.29, 1.82) is 0 Å². The van der Waals surface area contributed by atoms with Crippen molar-refractivity contribution >= 4 is 0 Å². The third-order valence-corrected chi connectivity index (χ3v) is 2.39. The van der Waals surface area contributed by atoms with Crippen LogP contribution in [0.2, 0.25) is 0 Å². The molecule has 74 valence electrons. The van der Waals surface area contributed by atoms with E-state index in [1.165, 1.54) is 0 Å². The van der Waals surface area contributed by atoms with Crippen LogP contribution in [0, 0.1) is 0 Å². The van der Waals surface area contributed by atoms with Gasteiger partial charge in [0, 0.05) is 12.6 Å². The van der Waals surface area contributed by atoms with E-state index in [1.54, 1.807) is 0 Å². The van der Waals surface area contributed by atoms with Gasteiger partial charge < -0.3 is 10.1 Å². The lowest BCUT2D eigenvalue weighted by molar-refractivity contribution is -0.0231. The first-order valence-electron chi connectivity index (χ1n) is 4.83. The first-order chi connectivity index (χ1) is 5.52. The number of hydrogen-bond acceptors (Lipinski definition) is 2. The molecule has 0 aromatic heterocycles. The molecule has 12 heavy (non-hydrogen) atoms. The molecule has 0 rings (SSSR count). The number of rotatable bonds is 6. The van der Waals surface area contributed by atoms with Crippen LogP contribution in [-0.2, 0) is 4.74 Å². The van der Waals surface area contributed by atoms with Crippen LogP contribution in [0.1, 0.15) is 40.5 Å². The van der Waals surface area contributed by atoms with Gasteiger partial charge in [-0.2, -0.15) is 0 Å². The van der Waals surface area contributed by atoms with Crippen LogP contribution >= 0.6 is 0 Å². The summed E-state index contributed by atoms with van der Waals surface area (Å²) < 4.78 is 5.71. The van der Waals surface area contributed by atoms with Crippen LogP contribution < -0.4 is 5.32 Å². The van der Waals surface area contributed by atoms with Gasteiger partial charge in [-0.15, -0.1) is 0 Å². The SMILES string of the molecule is CCC(C)(C)OCCC(C)NC. The van der Waals surface area contributed by atoms with Gasteiger partial charge in [-0.3, -0.25) is 0 Å². The molecule has 0 radical (unpaired) electrons. The standard InChI is InChI=1S/C10H23NO/c1-6-10(3,4)12-8-7-9(2)11-5/h9,11H,6-8H2,1-5H3. The molecule has 0 aliphatic heterocycles. The van der Waals surface area contributed by atoms with Gasteiger partial charge in [0.1, 0.15) is 0 Å². The highest BCUT2D eigenvalue weighted by Crippen LogP contribution is 2.13. The molecule has 0 aromatic carbocycles. The molecule has 0 fully saturated rings. The zero-order valence-electron chi connectivity index (χ0n) is 9.11. The van der Waals surface area contributed by atoms with Crippen LogP contribution in [0.4, 0.5) is 0 Å². The smallest absolute Gasteiger partial charge is 0.0623 e. The molecule has 2 nitrogen and oxygen atoms in total. The molecule has 0 aromatic rings. The Balaban J connectivity index is 3.42. The summed E-state index contributed by atoms with van der Waals surface area (Å²) in [6, 6.07) is 0.553. The molecule has 0 spiro atoms. The van der Waals surface area contributed by atoms with E-state index in [9.17, 15) is 0 Å². The Bertz CT molecular complexity index is 112. The lowest BCUT2D eigenvalue weighted by Gasteiger charge is -2.24. The highest BCUT2D eigenvalue weighted by molar-refractivity contribution is 4.66. The lowest BCUT2D eigenvalue weighted by atomic mass is 10.1. The van der Waals surface area contributed by atoms with E-state index in [0.717, 1.165) is 19.4 Å². The summed E-state index contributed by atoms with van der Waals surface area (Å²) in [6.45, 7) is 9.45. The zero-order valence-corrected chi connectivity index (χ0v) is 9.11. The number of nitrogens with one attached hydrogen (secondary N) is 1. The molecule has 0 amide bonds. The van der Waals surface area contributed by atoms with Gasteiger partial charge >= 0.3 is 0 Å². The van der Waals surface area contributed by atoms with Gasteiger partial charge in [-0.25, -0.2) is 0 Å². The molecule has 0 bridgehead atoms. The Hall–Kier alpha value is -0.0800. The zero-order chi connectivity index (χ0) is 9.61. The van der Waals surface area contributed by atoms with Crippen molar-refractivity contribution in [1.82, 2.24) is 5.32 Å². The topological polar surface area (TPSA) is 21.3 Å². The van der Waals surface area contributed by atoms with Crippen molar-refractivity contribution in [2.24, 2.45) is 0 Å². The lowest BCUT2D eigenvalue weighted by Crippen LogP contribution is -2.28. The van der Waals surface area contributed by atoms with Crippen LogP contribution in [0.25, 0.3) is 0 Å². The van der Waals surface area contributed by atoms with Crippen molar-refractivity contribution in [3.05, 3.63) is 0 Å². The predicted molar refractivity (Wildman–Crippen MR) is 53.5 cm³/mol. The molecular formula is C10H23NO. The molecule has 0 saturated carbocycles. The minimum atomic E-state index is 0.0491. The average Bonchev–Trinajstić information content (AvgIpc) is 2.04. The first-order valence-corrected chi connectivity index (χ1v) is 4.83. The monoisotopic (exact) mass is 173 g/mol. The van der Waals surface area contributed by atoms with E-state index in [0.29, 0.717) is 6.04 Å². The Kier molecular flexibility index (Phi) is 5.51. The van der Waals surface area contributed by atoms with Crippen LogP contribution in [0.5, 0.6) is 0 Å². The van der Waals surface area contributed by atoms with E-state index in [2.05, 4.69) is 33.0 Å². The predicted octanol–water partition coefficient (Wildman–Crippen LogP) is 2.19. The molecule has 0 heterocycles. The molecule has 1 N–H and O–H groups in total. The quantitative estimate of drug-likeness (QED) is 0.665. The summed E-state index contributed by atoms with van der Waals surface area (Å²) in [5, 5.41) is 3.19. The van der Waals surface area contributed by atoms with Gasteiger partial charge in [0.25, 0.3) is 0 Å². The molecule has 0 saturated heterocycles. The Labute approximate surface area is 76.7 Å². The molecule has 1 atom stereocenters. The molecule has 2 heteroatoms. The van der Waals surface area contributed by atoms with Gasteiger partial charge in [-0.1, -0.05) is 6.92 Å². The maximum absolute atomic E-state index is 5.71. The summed E-state index contributed by atoms with van der Waals surface area (Å²) in [5.74, 6) is 0. The minimum Gasteiger partial charge on any atom is -0.376 e. The average molecular weight is 173 g/mol. The summed E-state index contributed by atoms with van der Waals surface area (Å²) in [4.78, 5) is 0. The number of ether oxygens (including phenoxy) is 1. The van der Waals surface area contributed by atoms with E-state index < -0.39 is 0 Å². The number of hydrogen-bond donors (Lipinski definition) is 1. The van der Waals surface area contributed by atoms with E-state index in [4.69, 9.17) is 4.74 Å². The van der Waals surface area contributed by atoms with E-state index in [-0.39, 0.29) is 5.60 Å². The van der Waals surface area contributed by atoms with Gasteiger partial charge in [0.05, 0.1) is 5.60 Å². The fourth-order valence-corrected chi connectivity index (χ4v) is 0.758. The minimum absolute atomic E-state index is 0.0491. The maximum Gasteiger partial charge on any atom is 0.0623 e. The normalized spacial score (nSPS) is 14.8. The summed E-state index contributed by atoms with van der Waals surface area (Å²) >= 11 is 0. The Morgan fingerprint density at radius 2 is 2.00 bits per heavy atom. The fraction of sp³-hybridized carbons (Fsp3) is 1.00. The maximum atomic E-state index is 5.71. The highest BCUT2D eigenvalue weighted by Gasteiger charge is 2.14. The van der Waals surface area contributed by atoms with Crippen LogP contribution in [0.15, 0.2) is 0 Å². The Morgan fingerprint density at radius 3 is 2.42 bits per heavy atom. The third-order valence-electron chi connectivity index (χ3n) is 2.39. The largest absolute Gasteiger partial charge is 0.376 e. The van der Waals surface area contributed by atoms with Crippen molar-refractivity contribution < 1.29 is 4.74 Å². The second-order valence-corrected chi connectivity index (χ2v) is 3.94. The van der Waals surface area contributed by atoms with E-state index >= 15 is 0 Å². The summed E-state index contributed by atoms with van der Waals surface area (Å²) in [7, 11) is 1.98.